The molecule has 1 aliphatic heterocycles. The molecule has 4 nitrogen and oxygen atoms in total. The quantitative estimate of drug-likeness (QED) is 0.778. The Morgan fingerprint density at radius 3 is 2.58 bits per heavy atom. The number of ether oxygens (including phenoxy) is 1. The minimum absolute atomic E-state index is 0.115. The zero-order valence-electron chi connectivity index (χ0n) is 15.8. The van der Waals surface area contributed by atoms with Gasteiger partial charge in [0.15, 0.2) is 0 Å². The third kappa shape index (κ3) is 4.65. The molecule has 1 saturated heterocycles. The average Bonchev–Trinajstić information content (AvgIpc) is 2.55. The molecule has 1 aliphatic rings. The summed E-state index contributed by atoms with van der Waals surface area (Å²) in [5.74, 6) is 0. The summed E-state index contributed by atoms with van der Waals surface area (Å²) in [6.45, 7) is 12.9. The van der Waals surface area contributed by atoms with Crippen LogP contribution >= 0.6 is 0 Å². The van der Waals surface area contributed by atoms with Gasteiger partial charge in [0.25, 0.3) is 0 Å². The molecule has 1 amide bonds. The van der Waals surface area contributed by atoms with Gasteiger partial charge in [0.1, 0.15) is 5.60 Å². The van der Waals surface area contributed by atoms with E-state index in [9.17, 15) is 4.79 Å². The van der Waals surface area contributed by atoms with Crippen LogP contribution in [0.15, 0.2) is 24.3 Å². The number of hydrogen-bond acceptors (Lipinski definition) is 3. The van der Waals surface area contributed by atoms with Crippen molar-refractivity contribution in [1.82, 2.24) is 4.90 Å². The largest absolute Gasteiger partial charge is 0.444 e. The van der Waals surface area contributed by atoms with Gasteiger partial charge in [-0.25, -0.2) is 4.79 Å². The second kappa shape index (κ2) is 7.91. The SMILES string of the molecule is CCN(CC)c1cccc(C2CCCCN2C(=O)OC(C)(C)C)c1. The Kier molecular flexibility index (Phi) is 6.14. The minimum Gasteiger partial charge on any atom is -0.444 e. The number of hydrogen-bond donors (Lipinski definition) is 0. The number of anilines is 1. The van der Waals surface area contributed by atoms with Crippen molar-refractivity contribution in [2.75, 3.05) is 24.5 Å². The number of piperidine rings is 1. The summed E-state index contributed by atoms with van der Waals surface area (Å²) >= 11 is 0. The molecule has 1 aromatic carbocycles. The maximum absolute atomic E-state index is 12.6. The summed E-state index contributed by atoms with van der Waals surface area (Å²) < 4.78 is 5.63. The van der Waals surface area contributed by atoms with Crippen molar-refractivity contribution >= 4 is 11.8 Å². The number of carbonyl (C=O) groups is 1. The zero-order chi connectivity index (χ0) is 17.7. The Labute approximate surface area is 146 Å². The van der Waals surface area contributed by atoms with E-state index < -0.39 is 5.60 Å². The molecule has 4 heteroatoms. The van der Waals surface area contributed by atoms with Gasteiger partial charge >= 0.3 is 6.09 Å². The van der Waals surface area contributed by atoms with Crippen molar-refractivity contribution < 1.29 is 9.53 Å². The summed E-state index contributed by atoms with van der Waals surface area (Å²) in [5.41, 5.74) is 1.99. The molecular formula is C20H32N2O2. The predicted molar refractivity (Wildman–Crippen MR) is 99.5 cm³/mol. The number of likely N-dealkylation sites (tertiary alicyclic amines) is 1. The van der Waals surface area contributed by atoms with Gasteiger partial charge in [-0.3, -0.25) is 0 Å². The molecule has 1 fully saturated rings. The lowest BCUT2D eigenvalue weighted by atomic mass is 9.95. The van der Waals surface area contributed by atoms with Crippen LogP contribution in [0.2, 0.25) is 0 Å². The molecule has 0 spiro atoms. The molecule has 1 unspecified atom stereocenters. The maximum Gasteiger partial charge on any atom is 0.410 e. The maximum atomic E-state index is 12.6. The molecule has 0 saturated carbocycles. The molecule has 2 rings (SSSR count). The van der Waals surface area contributed by atoms with Crippen LogP contribution < -0.4 is 4.90 Å². The normalized spacial score (nSPS) is 18.4. The molecule has 1 heterocycles. The van der Waals surface area contributed by atoms with Crippen molar-refractivity contribution in [2.24, 2.45) is 0 Å². The standard InChI is InChI=1S/C20H32N2O2/c1-6-21(7-2)17-12-10-11-16(15-17)18-13-8-9-14-22(18)19(23)24-20(3,4)5/h10-12,15,18H,6-9,13-14H2,1-5H3. The van der Waals surface area contributed by atoms with Crippen molar-refractivity contribution in [3.8, 4) is 0 Å². The van der Waals surface area contributed by atoms with Gasteiger partial charge in [-0.2, -0.15) is 0 Å². The van der Waals surface area contributed by atoms with E-state index in [0.717, 1.165) is 38.9 Å². The molecule has 0 N–H and O–H groups in total. The number of nitrogens with zero attached hydrogens (tertiary/aromatic N) is 2. The Morgan fingerprint density at radius 2 is 1.96 bits per heavy atom. The first kappa shape index (κ1) is 18.6. The zero-order valence-corrected chi connectivity index (χ0v) is 15.8. The highest BCUT2D eigenvalue weighted by Crippen LogP contribution is 2.33. The second-order valence-electron chi connectivity index (χ2n) is 7.45. The van der Waals surface area contributed by atoms with E-state index in [2.05, 4.69) is 43.0 Å². The fourth-order valence-electron chi connectivity index (χ4n) is 3.33. The van der Waals surface area contributed by atoms with E-state index in [1.165, 1.54) is 11.3 Å². The Morgan fingerprint density at radius 1 is 1.25 bits per heavy atom. The lowest BCUT2D eigenvalue weighted by Gasteiger charge is -2.37. The first-order chi connectivity index (χ1) is 11.4. The third-order valence-electron chi connectivity index (χ3n) is 4.51. The fourth-order valence-corrected chi connectivity index (χ4v) is 3.33. The first-order valence-corrected chi connectivity index (χ1v) is 9.20. The summed E-state index contributed by atoms with van der Waals surface area (Å²) in [7, 11) is 0. The van der Waals surface area contributed by atoms with Crippen LogP contribution in [0.3, 0.4) is 0 Å². The van der Waals surface area contributed by atoms with Gasteiger partial charge < -0.3 is 14.5 Å². The number of carbonyl (C=O) groups excluding carboxylic acids is 1. The van der Waals surface area contributed by atoms with Crippen LogP contribution in [-0.4, -0.2) is 36.2 Å². The molecule has 0 bridgehead atoms. The lowest BCUT2D eigenvalue weighted by molar-refractivity contribution is 0.00952. The van der Waals surface area contributed by atoms with Gasteiger partial charge in [-0.1, -0.05) is 12.1 Å². The molecule has 0 aromatic heterocycles. The van der Waals surface area contributed by atoms with E-state index in [-0.39, 0.29) is 12.1 Å². The Bertz CT molecular complexity index is 547. The Balaban J connectivity index is 2.24. The van der Waals surface area contributed by atoms with E-state index in [1.54, 1.807) is 0 Å². The van der Waals surface area contributed by atoms with Gasteiger partial charge in [-0.05, 0) is 71.6 Å². The number of amides is 1. The highest BCUT2D eigenvalue weighted by Gasteiger charge is 2.31. The van der Waals surface area contributed by atoms with E-state index in [1.807, 2.05) is 25.7 Å². The van der Waals surface area contributed by atoms with Crippen LogP contribution in [-0.2, 0) is 4.74 Å². The monoisotopic (exact) mass is 332 g/mol. The molecule has 1 aromatic rings. The van der Waals surface area contributed by atoms with Gasteiger partial charge in [0, 0.05) is 25.3 Å². The summed E-state index contributed by atoms with van der Waals surface area (Å²) in [6, 6.07) is 8.74. The smallest absolute Gasteiger partial charge is 0.410 e. The lowest BCUT2D eigenvalue weighted by Crippen LogP contribution is -2.41. The third-order valence-corrected chi connectivity index (χ3v) is 4.51. The predicted octanol–water partition coefficient (Wildman–Crippen LogP) is 4.99. The Hall–Kier alpha value is -1.71. The van der Waals surface area contributed by atoms with E-state index in [0.29, 0.717) is 0 Å². The molecule has 0 aliphatic carbocycles. The van der Waals surface area contributed by atoms with Crippen molar-refractivity contribution in [1.29, 1.82) is 0 Å². The van der Waals surface area contributed by atoms with Crippen LogP contribution in [0, 0.1) is 0 Å². The molecular weight excluding hydrogens is 300 g/mol. The topological polar surface area (TPSA) is 32.8 Å². The van der Waals surface area contributed by atoms with Crippen LogP contribution in [0.25, 0.3) is 0 Å². The first-order valence-electron chi connectivity index (χ1n) is 9.20. The molecule has 24 heavy (non-hydrogen) atoms. The summed E-state index contributed by atoms with van der Waals surface area (Å²) in [5, 5.41) is 0. The van der Waals surface area contributed by atoms with Gasteiger partial charge in [0.05, 0.1) is 6.04 Å². The van der Waals surface area contributed by atoms with Crippen LogP contribution in [0.4, 0.5) is 10.5 Å². The van der Waals surface area contributed by atoms with E-state index >= 15 is 0 Å². The highest BCUT2D eigenvalue weighted by atomic mass is 16.6. The van der Waals surface area contributed by atoms with Crippen LogP contribution in [0.1, 0.15) is 65.5 Å². The molecule has 1 atom stereocenters. The summed E-state index contributed by atoms with van der Waals surface area (Å²) in [4.78, 5) is 16.9. The molecule has 0 radical (unpaired) electrons. The van der Waals surface area contributed by atoms with Gasteiger partial charge in [-0.15, -0.1) is 0 Å². The number of rotatable bonds is 4. The highest BCUT2D eigenvalue weighted by molar-refractivity contribution is 5.69. The fraction of sp³-hybridized carbons (Fsp3) is 0.650. The van der Waals surface area contributed by atoms with Crippen LogP contribution in [0.5, 0.6) is 0 Å². The number of benzene rings is 1. The second-order valence-corrected chi connectivity index (χ2v) is 7.45. The van der Waals surface area contributed by atoms with Crippen molar-refractivity contribution in [3.63, 3.8) is 0 Å². The average molecular weight is 332 g/mol. The molecule has 134 valence electrons. The van der Waals surface area contributed by atoms with E-state index in [4.69, 9.17) is 4.74 Å². The van der Waals surface area contributed by atoms with Crippen molar-refractivity contribution in [2.45, 2.75) is 65.5 Å². The van der Waals surface area contributed by atoms with Crippen molar-refractivity contribution in [3.05, 3.63) is 29.8 Å². The summed E-state index contributed by atoms with van der Waals surface area (Å²) in [6.07, 6.45) is 3.01. The van der Waals surface area contributed by atoms with Gasteiger partial charge in [0.2, 0.25) is 0 Å². The minimum atomic E-state index is -0.456.